The molecule has 1 aromatic carbocycles. The molecule has 4 rings (SSSR count). The summed E-state index contributed by atoms with van der Waals surface area (Å²) < 4.78 is 7.32. The summed E-state index contributed by atoms with van der Waals surface area (Å²) in [5.74, 6) is 8.34. The summed E-state index contributed by atoms with van der Waals surface area (Å²) in [6, 6.07) is 9.74. The summed E-state index contributed by atoms with van der Waals surface area (Å²) in [5.41, 5.74) is 2.64. The summed E-state index contributed by atoms with van der Waals surface area (Å²) in [5, 5.41) is 22.9. The highest BCUT2D eigenvalue weighted by atomic mass is 16.5. The van der Waals surface area contributed by atoms with E-state index >= 15 is 0 Å². The first-order chi connectivity index (χ1) is 13.1. The number of aromatic nitrogens is 3. The molecule has 0 saturated heterocycles. The lowest BCUT2D eigenvalue weighted by atomic mass is 10.1. The van der Waals surface area contributed by atoms with Crippen LogP contribution < -0.4 is 0 Å². The molecule has 0 aliphatic heterocycles. The van der Waals surface area contributed by atoms with Crippen LogP contribution in [-0.2, 0) is 6.54 Å². The van der Waals surface area contributed by atoms with Crippen molar-refractivity contribution in [3.63, 3.8) is 0 Å². The molecule has 3 aromatic rings. The number of hydrogen-bond donors (Lipinski definition) is 2. The molecule has 0 bridgehead atoms. The van der Waals surface area contributed by atoms with Crippen LogP contribution in [0.5, 0.6) is 0 Å². The third kappa shape index (κ3) is 3.95. The first-order valence-electron chi connectivity index (χ1n) is 9.01. The Bertz CT molecular complexity index is 976. The molecule has 0 spiro atoms. The predicted molar refractivity (Wildman–Crippen MR) is 99.5 cm³/mol. The maximum Gasteiger partial charge on any atom is 0.167 e. The zero-order valence-electron chi connectivity index (χ0n) is 15.0. The first kappa shape index (κ1) is 17.5. The zero-order valence-corrected chi connectivity index (χ0v) is 15.0. The monoisotopic (exact) mass is 363 g/mol. The molecule has 6 nitrogen and oxygen atoms in total. The van der Waals surface area contributed by atoms with E-state index in [4.69, 9.17) is 9.63 Å². The van der Waals surface area contributed by atoms with Gasteiger partial charge in [0.25, 0.3) is 0 Å². The maximum atomic E-state index is 9.74. The fourth-order valence-electron chi connectivity index (χ4n) is 3.04. The Balaban J connectivity index is 1.44. The minimum atomic E-state index is -0.636. The third-order valence-electron chi connectivity index (χ3n) is 4.74. The Labute approximate surface area is 157 Å². The van der Waals surface area contributed by atoms with E-state index in [2.05, 4.69) is 22.0 Å². The van der Waals surface area contributed by atoms with Crippen LogP contribution in [0.3, 0.4) is 0 Å². The number of aliphatic hydroxyl groups excluding tert-OH is 2. The number of benzene rings is 1. The van der Waals surface area contributed by atoms with Crippen molar-refractivity contribution in [2.75, 3.05) is 6.61 Å². The van der Waals surface area contributed by atoms with E-state index in [1.807, 2.05) is 41.1 Å². The van der Waals surface area contributed by atoms with E-state index in [0.717, 1.165) is 23.2 Å². The van der Waals surface area contributed by atoms with E-state index < -0.39 is 6.10 Å². The molecule has 3 atom stereocenters. The van der Waals surface area contributed by atoms with Crippen LogP contribution in [0.4, 0.5) is 0 Å². The van der Waals surface area contributed by atoms with Crippen LogP contribution in [0.2, 0.25) is 0 Å². The van der Waals surface area contributed by atoms with Gasteiger partial charge in [0, 0.05) is 42.1 Å². The van der Waals surface area contributed by atoms with Crippen molar-refractivity contribution in [1.82, 2.24) is 14.7 Å². The molecule has 2 aromatic heterocycles. The summed E-state index contributed by atoms with van der Waals surface area (Å²) in [4.78, 5) is 4.16. The Morgan fingerprint density at radius 2 is 2.15 bits per heavy atom. The van der Waals surface area contributed by atoms with E-state index in [0.29, 0.717) is 30.0 Å². The lowest BCUT2D eigenvalue weighted by Gasteiger charge is -2.07. The van der Waals surface area contributed by atoms with E-state index in [9.17, 15) is 5.11 Å². The number of imidazole rings is 1. The minimum absolute atomic E-state index is 0.226. The SMILES string of the molecule is C[C@H](O)c1nccn1Cc1cc(-c2ccc(C#CC3CC3CO)cc2)on1. The normalized spacial score (nSPS) is 19.4. The van der Waals surface area contributed by atoms with Crippen molar-refractivity contribution >= 4 is 0 Å². The molecule has 2 heterocycles. The summed E-state index contributed by atoms with van der Waals surface area (Å²) in [7, 11) is 0. The van der Waals surface area contributed by atoms with Gasteiger partial charge < -0.3 is 19.3 Å². The van der Waals surface area contributed by atoms with Crippen LogP contribution in [0, 0.1) is 23.7 Å². The van der Waals surface area contributed by atoms with Gasteiger partial charge in [-0.05, 0) is 43.5 Å². The van der Waals surface area contributed by atoms with Crippen molar-refractivity contribution in [3.05, 3.63) is 59.8 Å². The topological polar surface area (TPSA) is 84.3 Å². The molecule has 1 aliphatic rings. The van der Waals surface area contributed by atoms with Crippen LogP contribution in [-0.4, -0.2) is 31.5 Å². The lowest BCUT2D eigenvalue weighted by molar-refractivity contribution is 0.184. The molecule has 138 valence electrons. The number of hydrogen-bond acceptors (Lipinski definition) is 5. The Hall–Kier alpha value is -2.88. The van der Waals surface area contributed by atoms with Crippen molar-refractivity contribution in [1.29, 1.82) is 0 Å². The second-order valence-electron chi connectivity index (χ2n) is 6.90. The highest BCUT2D eigenvalue weighted by molar-refractivity contribution is 5.59. The van der Waals surface area contributed by atoms with Crippen molar-refractivity contribution in [2.45, 2.75) is 26.0 Å². The van der Waals surface area contributed by atoms with Gasteiger partial charge in [0.1, 0.15) is 17.6 Å². The minimum Gasteiger partial charge on any atom is -0.396 e. The number of nitrogens with zero attached hydrogens (tertiary/aromatic N) is 3. The average Bonchev–Trinajstić information content (AvgIpc) is 3.03. The fourth-order valence-corrected chi connectivity index (χ4v) is 3.04. The molecule has 0 amide bonds. The van der Waals surface area contributed by atoms with Gasteiger partial charge in [-0.2, -0.15) is 0 Å². The first-order valence-corrected chi connectivity index (χ1v) is 9.01. The molecule has 2 unspecified atom stereocenters. The Morgan fingerprint density at radius 1 is 1.33 bits per heavy atom. The van der Waals surface area contributed by atoms with Crippen molar-refractivity contribution in [3.8, 4) is 23.2 Å². The number of rotatable bonds is 5. The molecule has 2 N–H and O–H groups in total. The molecule has 1 fully saturated rings. The van der Waals surface area contributed by atoms with Gasteiger partial charge in [-0.15, -0.1) is 0 Å². The molecular formula is C21H21N3O3. The highest BCUT2D eigenvalue weighted by Gasteiger charge is 2.34. The summed E-state index contributed by atoms with van der Waals surface area (Å²) in [6.07, 6.45) is 3.83. The van der Waals surface area contributed by atoms with Crippen molar-refractivity contribution < 1.29 is 14.7 Å². The Kier molecular flexibility index (Phi) is 4.80. The van der Waals surface area contributed by atoms with E-state index in [1.54, 1.807) is 13.1 Å². The second kappa shape index (κ2) is 7.39. The zero-order chi connectivity index (χ0) is 18.8. The van der Waals surface area contributed by atoms with E-state index in [1.165, 1.54) is 0 Å². The quantitative estimate of drug-likeness (QED) is 0.681. The molecule has 1 saturated carbocycles. The van der Waals surface area contributed by atoms with Crippen LogP contribution >= 0.6 is 0 Å². The third-order valence-corrected chi connectivity index (χ3v) is 4.74. The lowest BCUT2D eigenvalue weighted by Crippen LogP contribution is -2.07. The van der Waals surface area contributed by atoms with Gasteiger partial charge in [0.05, 0.1) is 6.54 Å². The van der Waals surface area contributed by atoms with Gasteiger partial charge in [-0.25, -0.2) is 4.98 Å². The average molecular weight is 363 g/mol. The number of aliphatic hydroxyl groups is 2. The van der Waals surface area contributed by atoms with E-state index in [-0.39, 0.29) is 6.61 Å². The molecular weight excluding hydrogens is 342 g/mol. The highest BCUT2D eigenvalue weighted by Crippen LogP contribution is 2.37. The van der Waals surface area contributed by atoms with Gasteiger partial charge in [-0.3, -0.25) is 0 Å². The largest absolute Gasteiger partial charge is 0.396 e. The predicted octanol–water partition coefficient (Wildman–Crippen LogP) is 2.62. The van der Waals surface area contributed by atoms with Crippen molar-refractivity contribution in [2.24, 2.45) is 11.8 Å². The maximum absolute atomic E-state index is 9.74. The molecule has 1 aliphatic carbocycles. The van der Waals surface area contributed by atoms with Gasteiger partial charge in [-0.1, -0.05) is 17.0 Å². The van der Waals surface area contributed by atoms with Gasteiger partial charge in [0.15, 0.2) is 5.76 Å². The molecule has 6 heteroatoms. The summed E-state index contributed by atoms with van der Waals surface area (Å²) >= 11 is 0. The Morgan fingerprint density at radius 3 is 2.85 bits per heavy atom. The second-order valence-corrected chi connectivity index (χ2v) is 6.90. The fraction of sp³-hybridized carbons (Fsp3) is 0.333. The van der Waals surface area contributed by atoms with Crippen LogP contribution in [0.15, 0.2) is 47.2 Å². The smallest absolute Gasteiger partial charge is 0.167 e. The summed E-state index contributed by atoms with van der Waals surface area (Å²) in [6.45, 7) is 2.40. The standard InChI is InChI=1S/C21H21N3O3/c1-14(26)21-22-8-9-24(21)12-19-11-20(27-23-19)16-5-2-15(3-6-16)4-7-17-10-18(17)13-25/h2-3,5-6,8-9,11,14,17-18,25-26H,10,12-13H2,1H3/t14-,17?,18?/m0/s1. The van der Waals surface area contributed by atoms with Crippen LogP contribution in [0.1, 0.15) is 36.5 Å². The van der Waals surface area contributed by atoms with Gasteiger partial charge in [0.2, 0.25) is 0 Å². The molecule has 27 heavy (non-hydrogen) atoms. The molecule has 0 radical (unpaired) electrons. The van der Waals surface area contributed by atoms with Gasteiger partial charge >= 0.3 is 0 Å². The van der Waals surface area contributed by atoms with Crippen LogP contribution in [0.25, 0.3) is 11.3 Å².